The van der Waals surface area contributed by atoms with Crippen molar-refractivity contribution in [2.75, 3.05) is 27.9 Å². The van der Waals surface area contributed by atoms with Crippen LogP contribution in [0.1, 0.15) is 41.6 Å². The van der Waals surface area contributed by atoms with Crippen molar-refractivity contribution in [2.45, 2.75) is 19.9 Å². The maximum atomic E-state index is 13.9. The number of carbonyl (C=O) groups excluding carboxylic acids is 2. The van der Waals surface area contributed by atoms with E-state index in [4.69, 9.17) is 23.4 Å². The van der Waals surface area contributed by atoms with Crippen molar-refractivity contribution in [3.8, 4) is 22.8 Å². The number of rotatable bonds is 8. The van der Waals surface area contributed by atoms with Crippen LogP contribution in [-0.2, 0) is 14.3 Å². The summed E-state index contributed by atoms with van der Waals surface area (Å²) in [5, 5.41) is 0. The third-order valence-corrected chi connectivity index (χ3v) is 7.71. The molecule has 0 radical (unpaired) electrons. The van der Waals surface area contributed by atoms with E-state index in [2.05, 4.69) is 4.99 Å². The van der Waals surface area contributed by atoms with E-state index in [0.717, 1.165) is 5.56 Å². The number of thiazole rings is 1. The Morgan fingerprint density at radius 3 is 2.40 bits per heavy atom. The summed E-state index contributed by atoms with van der Waals surface area (Å²) >= 11 is 1.19. The lowest BCUT2D eigenvalue weighted by Gasteiger charge is -2.25. The van der Waals surface area contributed by atoms with Crippen LogP contribution in [0.4, 0.5) is 0 Å². The van der Waals surface area contributed by atoms with Crippen molar-refractivity contribution < 1.29 is 33.0 Å². The molecule has 2 aromatic carbocycles. The van der Waals surface area contributed by atoms with Gasteiger partial charge in [-0.05, 0) is 55.8 Å². The molecule has 0 N–H and O–H groups in total. The summed E-state index contributed by atoms with van der Waals surface area (Å²) in [6.45, 7) is 3.62. The standard InChI is InChI=1S/C31H28N2O8S/c1-6-40-30(36)26-17(2)32-31-33(27(26)20-11-13-23(37-3)24(15-20)38-4)28(34)25(42-31)16-21-12-14-22(41-21)18-7-9-19(10-8-18)29(35)39-5/h7-16,27H,6H2,1-5H3/b25-16-. The molecule has 1 aliphatic rings. The quantitative estimate of drug-likeness (QED) is 0.285. The van der Waals surface area contributed by atoms with Crippen LogP contribution in [0.2, 0.25) is 0 Å². The van der Waals surface area contributed by atoms with Crippen LogP contribution in [0.5, 0.6) is 11.5 Å². The zero-order valence-electron chi connectivity index (χ0n) is 23.6. The van der Waals surface area contributed by atoms with Gasteiger partial charge < -0.3 is 23.4 Å². The lowest BCUT2D eigenvalue weighted by molar-refractivity contribution is -0.139. The number of ether oxygens (including phenoxy) is 4. The van der Waals surface area contributed by atoms with E-state index in [1.165, 1.54) is 37.2 Å². The number of hydrogen-bond acceptors (Lipinski definition) is 10. The lowest BCUT2D eigenvalue weighted by Crippen LogP contribution is -2.39. The van der Waals surface area contributed by atoms with Gasteiger partial charge in [-0.15, -0.1) is 0 Å². The molecule has 0 spiro atoms. The summed E-state index contributed by atoms with van der Waals surface area (Å²) < 4.78 is 28.9. The minimum atomic E-state index is -0.803. The molecule has 216 valence electrons. The number of fused-ring (bicyclic) bond motifs is 1. The van der Waals surface area contributed by atoms with Gasteiger partial charge in [-0.3, -0.25) is 9.36 Å². The molecule has 10 nitrogen and oxygen atoms in total. The van der Waals surface area contributed by atoms with E-state index in [1.807, 2.05) is 0 Å². The first-order valence-electron chi connectivity index (χ1n) is 13.0. The van der Waals surface area contributed by atoms with Crippen LogP contribution >= 0.6 is 11.3 Å². The van der Waals surface area contributed by atoms with Gasteiger partial charge in [0.25, 0.3) is 5.56 Å². The Labute approximate surface area is 244 Å². The van der Waals surface area contributed by atoms with Crippen molar-refractivity contribution in [1.82, 2.24) is 4.57 Å². The summed E-state index contributed by atoms with van der Waals surface area (Å²) in [5.41, 5.74) is 2.19. The van der Waals surface area contributed by atoms with Gasteiger partial charge in [-0.1, -0.05) is 29.5 Å². The molecule has 3 heterocycles. The second-order valence-corrected chi connectivity index (χ2v) is 10.2. The molecule has 0 amide bonds. The van der Waals surface area contributed by atoms with Crippen LogP contribution < -0.4 is 24.4 Å². The number of methoxy groups -OCH3 is 3. The first-order chi connectivity index (χ1) is 20.3. The molecule has 1 aliphatic heterocycles. The van der Waals surface area contributed by atoms with Gasteiger partial charge in [0.05, 0.1) is 55.3 Å². The fraction of sp³-hybridized carbons (Fsp3) is 0.226. The summed E-state index contributed by atoms with van der Waals surface area (Å²) in [6, 6.07) is 14.8. The Bertz CT molecular complexity index is 1880. The van der Waals surface area contributed by atoms with Gasteiger partial charge in [-0.25, -0.2) is 14.6 Å². The number of allylic oxidation sites excluding steroid dienone is 1. The molecule has 42 heavy (non-hydrogen) atoms. The molecule has 2 aromatic heterocycles. The highest BCUT2D eigenvalue weighted by Gasteiger charge is 2.34. The van der Waals surface area contributed by atoms with Crippen molar-refractivity contribution in [1.29, 1.82) is 0 Å². The highest BCUT2D eigenvalue weighted by molar-refractivity contribution is 7.07. The number of carbonyl (C=O) groups is 2. The van der Waals surface area contributed by atoms with Crippen molar-refractivity contribution in [2.24, 2.45) is 4.99 Å². The molecule has 0 saturated carbocycles. The monoisotopic (exact) mass is 588 g/mol. The predicted molar refractivity (Wildman–Crippen MR) is 155 cm³/mol. The first kappa shape index (κ1) is 28.6. The zero-order chi connectivity index (χ0) is 30.0. The van der Waals surface area contributed by atoms with E-state index >= 15 is 0 Å². The minimum absolute atomic E-state index is 0.172. The van der Waals surface area contributed by atoms with Gasteiger partial charge in [0.15, 0.2) is 16.3 Å². The first-order valence-corrected chi connectivity index (χ1v) is 13.8. The molecular formula is C31H28N2O8S. The van der Waals surface area contributed by atoms with Crippen LogP contribution in [0.25, 0.3) is 17.4 Å². The largest absolute Gasteiger partial charge is 0.493 e. The van der Waals surface area contributed by atoms with E-state index in [1.54, 1.807) is 74.5 Å². The molecule has 0 bridgehead atoms. The van der Waals surface area contributed by atoms with Crippen molar-refractivity contribution >= 4 is 29.4 Å². The average molecular weight is 589 g/mol. The SMILES string of the molecule is CCOC(=O)C1=C(C)N=c2s/c(=C\c3ccc(-c4ccc(C(=O)OC)cc4)o3)c(=O)n2C1c1ccc(OC)c(OC)c1. The number of nitrogens with zero attached hydrogens (tertiary/aromatic N) is 2. The Morgan fingerprint density at radius 1 is 1.00 bits per heavy atom. The number of hydrogen-bond donors (Lipinski definition) is 0. The van der Waals surface area contributed by atoms with Gasteiger partial charge in [0.1, 0.15) is 11.5 Å². The van der Waals surface area contributed by atoms with Crippen LogP contribution in [0, 0.1) is 0 Å². The molecule has 5 rings (SSSR count). The minimum Gasteiger partial charge on any atom is -0.493 e. The fourth-order valence-corrected chi connectivity index (χ4v) is 5.76. The normalized spacial score (nSPS) is 14.7. The molecule has 11 heteroatoms. The number of aromatic nitrogens is 1. The molecule has 0 saturated heterocycles. The van der Waals surface area contributed by atoms with E-state index in [0.29, 0.717) is 49.2 Å². The molecular weight excluding hydrogens is 560 g/mol. The Kier molecular flexibility index (Phi) is 8.12. The number of furan rings is 1. The van der Waals surface area contributed by atoms with Crippen molar-refractivity contribution in [3.63, 3.8) is 0 Å². The topological polar surface area (TPSA) is 119 Å². The molecule has 1 atom stereocenters. The maximum Gasteiger partial charge on any atom is 0.338 e. The van der Waals surface area contributed by atoms with Crippen LogP contribution in [0.15, 0.2) is 80.1 Å². The third kappa shape index (κ3) is 5.26. The third-order valence-electron chi connectivity index (χ3n) is 6.73. The predicted octanol–water partition coefficient (Wildman–Crippen LogP) is 3.86. The molecule has 1 unspecified atom stereocenters. The van der Waals surface area contributed by atoms with Crippen LogP contribution in [-0.4, -0.2) is 44.4 Å². The molecule has 0 fully saturated rings. The summed E-state index contributed by atoms with van der Waals surface area (Å²) in [6.07, 6.45) is 1.64. The molecule has 4 aromatic rings. The van der Waals surface area contributed by atoms with Gasteiger partial charge in [0, 0.05) is 11.6 Å². The Morgan fingerprint density at radius 2 is 1.74 bits per heavy atom. The number of benzene rings is 2. The summed E-state index contributed by atoms with van der Waals surface area (Å²) in [7, 11) is 4.38. The van der Waals surface area contributed by atoms with Crippen LogP contribution in [0.3, 0.4) is 0 Å². The van der Waals surface area contributed by atoms with E-state index in [9.17, 15) is 14.4 Å². The van der Waals surface area contributed by atoms with Gasteiger partial charge >= 0.3 is 11.9 Å². The number of esters is 2. The van der Waals surface area contributed by atoms with E-state index < -0.39 is 18.0 Å². The molecule has 0 aliphatic carbocycles. The summed E-state index contributed by atoms with van der Waals surface area (Å²) in [5.74, 6) is 1.01. The average Bonchev–Trinajstić information content (AvgIpc) is 3.59. The fourth-order valence-electron chi connectivity index (χ4n) is 4.73. The maximum absolute atomic E-state index is 13.9. The summed E-state index contributed by atoms with van der Waals surface area (Å²) in [4.78, 5) is 43.8. The highest BCUT2D eigenvalue weighted by Crippen LogP contribution is 2.36. The smallest absolute Gasteiger partial charge is 0.338 e. The second-order valence-electron chi connectivity index (χ2n) is 9.19. The highest BCUT2D eigenvalue weighted by atomic mass is 32.1. The second kappa shape index (κ2) is 11.9. The van der Waals surface area contributed by atoms with Crippen molar-refractivity contribution in [3.05, 3.63) is 102 Å². The lowest BCUT2D eigenvalue weighted by atomic mass is 9.95. The van der Waals surface area contributed by atoms with E-state index in [-0.39, 0.29) is 17.7 Å². The zero-order valence-corrected chi connectivity index (χ0v) is 24.4. The Balaban J connectivity index is 1.60. The Hall–Kier alpha value is -4.90. The van der Waals surface area contributed by atoms with Gasteiger partial charge in [-0.2, -0.15) is 0 Å². The van der Waals surface area contributed by atoms with Gasteiger partial charge in [0.2, 0.25) is 0 Å².